The van der Waals surface area contributed by atoms with E-state index in [1.54, 1.807) is 6.07 Å². The molecule has 1 atom stereocenters. The Labute approximate surface area is 85.0 Å². The van der Waals surface area contributed by atoms with Crippen molar-refractivity contribution in [3.8, 4) is 0 Å². The van der Waals surface area contributed by atoms with Crippen LogP contribution < -0.4 is 11.1 Å². The summed E-state index contributed by atoms with van der Waals surface area (Å²) in [4.78, 5) is 7.95. The predicted octanol–water partition coefficient (Wildman–Crippen LogP) is 1.91. The summed E-state index contributed by atoms with van der Waals surface area (Å²) in [6.07, 6.45) is 2.55. The van der Waals surface area contributed by atoms with Crippen molar-refractivity contribution in [2.45, 2.75) is 33.2 Å². The predicted molar refractivity (Wildman–Crippen MR) is 59.0 cm³/mol. The maximum atomic E-state index is 5.56. The van der Waals surface area contributed by atoms with Gasteiger partial charge in [-0.15, -0.1) is 0 Å². The zero-order valence-corrected chi connectivity index (χ0v) is 8.99. The molecule has 0 radical (unpaired) electrons. The summed E-state index contributed by atoms with van der Waals surface area (Å²) in [6, 6.07) is 2.19. The third-order valence-electron chi connectivity index (χ3n) is 2.27. The van der Waals surface area contributed by atoms with E-state index >= 15 is 0 Å². The van der Waals surface area contributed by atoms with E-state index in [0.29, 0.717) is 17.8 Å². The second-order valence-electron chi connectivity index (χ2n) is 3.73. The summed E-state index contributed by atoms with van der Waals surface area (Å²) in [5, 5.41) is 3.34. The SMILES string of the molecule is CCC(Nc1cc(N)ncn1)C(C)C. The van der Waals surface area contributed by atoms with Gasteiger partial charge in [-0.25, -0.2) is 9.97 Å². The molecule has 0 saturated carbocycles. The van der Waals surface area contributed by atoms with Gasteiger partial charge in [0.15, 0.2) is 0 Å². The molecule has 0 bridgehead atoms. The Balaban J connectivity index is 2.67. The lowest BCUT2D eigenvalue weighted by Gasteiger charge is -2.21. The van der Waals surface area contributed by atoms with Gasteiger partial charge < -0.3 is 11.1 Å². The van der Waals surface area contributed by atoms with Gasteiger partial charge in [-0.3, -0.25) is 0 Å². The average molecular weight is 194 g/mol. The van der Waals surface area contributed by atoms with Crippen LogP contribution in [0.4, 0.5) is 11.6 Å². The van der Waals surface area contributed by atoms with E-state index in [0.717, 1.165) is 12.2 Å². The lowest BCUT2D eigenvalue weighted by atomic mass is 10.0. The van der Waals surface area contributed by atoms with Crippen LogP contribution in [-0.4, -0.2) is 16.0 Å². The highest BCUT2D eigenvalue weighted by atomic mass is 15.0. The highest BCUT2D eigenvalue weighted by Gasteiger charge is 2.10. The van der Waals surface area contributed by atoms with E-state index in [9.17, 15) is 0 Å². The molecule has 14 heavy (non-hydrogen) atoms. The van der Waals surface area contributed by atoms with Crippen molar-refractivity contribution >= 4 is 11.6 Å². The van der Waals surface area contributed by atoms with E-state index in [4.69, 9.17) is 5.73 Å². The minimum atomic E-state index is 0.435. The lowest BCUT2D eigenvalue weighted by molar-refractivity contribution is 0.510. The number of rotatable bonds is 4. The van der Waals surface area contributed by atoms with E-state index in [1.165, 1.54) is 6.33 Å². The van der Waals surface area contributed by atoms with Gasteiger partial charge in [0.1, 0.15) is 18.0 Å². The molecule has 4 heteroatoms. The number of hydrogen-bond acceptors (Lipinski definition) is 4. The standard InChI is InChI=1S/C10H18N4/c1-4-8(7(2)3)14-10-5-9(11)12-6-13-10/h5-8H,4H2,1-3H3,(H3,11,12,13,14). The molecule has 1 rings (SSSR count). The van der Waals surface area contributed by atoms with Crippen molar-refractivity contribution in [2.24, 2.45) is 5.92 Å². The fraction of sp³-hybridized carbons (Fsp3) is 0.600. The fourth-order valence-electron chi connectivity index (χ4n) is 1.38. The molecule has 0 amide bonds. The molecule has 4 nitrogen and oxygen atoms in total. The summed E-state index contributed by atoms with van der Waals surface area (Å²) in [7, 11) is 0. The van der Waals surface area contributed by atoms with E-state index in [-0.39, 0.29) is 0 Å². The van der Waals surface area contributed by atoms with Crippen molar-refractivity contribution in [1.29, 1.82) is 0 Å². The largest absolute Gasteiger partial charge is 0.384 e. The van der Waals surface area contributed by atoms with Crippen LogP contribution in [0.3, 0.4) is 0 Å². The Hall–Kier alpha value is -1.32. The summed E-state index contributed by atoms with van der Waals surface area (Å²) in [6.45, 7) is 6.53. The topological polar surface area (TPSA) is 63.8 Å². The molecule has 1 unspecified atom stereocenters. The number of hydrogen-bond donors (Lipinski definition) is 2. The van der Waals surface area contributed by atoms with Gasteiger partial charge in [-0.05, 0) is 12.3 Å². The van der Waals surface area contributed by atoms with Crippen LogP contribution in [0, 0.1) is 5.92 Å². The van der Waals surface area contributed by atoms with Crippen molar-refractivity contribution < 1.29 is 0 Å². The zero-order chi connectivity index (χ0) is 10.6. The van der Waals surface area contributed by atoms with Gasteiger partial charge in [-0.2, -0.15) is 0 Å². The number of nitrogens with zero attached hydrogens (tertiary/aromatic N) is 2. The summed E-state index contributed by atoms with van der Waals surface area (Å²) in [5.74, 6) is 1.88. The lowest BCUT2D eigenvalue weighted by Crippen LogP contribution is -2.25. The summed E-state index contributed by atoms with van der Waals surface area (Å²) < 4.78 is 0. The maximum Gasteiger partial charge on any atom is 0.131 e. The second-order valence-corrected chi connectivity index (χ2v) is 3.73. The summed E-state index contributed by atoms with van der Waals surface area (Å²) >= 11 is 0. The molecule has 3 N–H and O–H groups in total. The number of aromatic nitrogens is 2. The third kappa shape index (κ3) is 2.87. The molecular weight excluding hydrogens is 176 g/mol. The highest BCUT2D eigenvalue weighted by Crippen LogP contribution is 2.13. The Morgan fingerprint density at radius 3 is 2.64 bits per heavy atom. The third-order valence-corrected chi connectivity index (χ3v) is 2.27. The molecule has 0 spiro atoms. The van der Waals surface area contributed by atoms with Crippen LogP contribution in [0.2, 0.25) is 0 Å². The average Bonchev–Trinajstić information content (AvgIpc) is 2.14. The molecule has 0 aliphatic heterocycles. The molecule has 0 fully saturated rings. The number of nitrogens with two attached hydrogens (primary N) is 1. The molecule has 0 aliphatic rings. The van der Waals surface area contributed by atoms with Crippen molar-refractivity contribution in [1.82, 2.24) is 9.97 Å². The maximum absolute atomic E-state index is 5.56. The van der Waals surface area contributed by atoms with Crippen LogP contribution in [0.5, 0.6) is 0 Å². The fourth-order valence-corrected chi connectivity index (χ4v) is 1.38. The van der Waals surface area contributed by atoms with Gasteiger partial charge in [0.05, 0.1) is 0 Å². The van der Waals surface area contributed by atoms with Crippen LogP contribution in [0.1, 0.15) is 27.2 Å². The molecule has 0 aromatic carbocycles. The zero-order valence-electron chi connectivity index (χ0n) is 8.99. The van der Waals surface area contributed by atoms with Gasteiger partial charge in [0.2, 0.25) is 0 Å². The number of nitrogen functional groups attached to an aromatic ring is 1. The molecular formula is C10H18N4. The Morgan fingerprint density at radius 2 is 2.14 bits per heavy atom. The second kappa shape index (κ2) is 4.79. The Morgan fingerprint density at radius 1 is 1.43 bits per heavy atom. The van der Waals surface area contributed by atoms with Gasteiger partial charge in [-0.1, -0.05) is 20.8 Å². The van der Waals surface area contributed by atoms with Gasteiger partial charge in [0.25, 0.3) is 0 Å². The van der Waals surface area contributed by atoms with Crippen LogP contribution >= 0.6 is 0 Å². The minimum Gasteiger partial charge on any atom is -0.384 e. The van der Waals surface area contributed by atoms with Crippen molar-refractivity contribution in [3.05, 3.63) is 12.4 Å². The highest BCUT2D eigenvalue weighted by molar-refractivity contribution is 5.43. The first-order valence-electron chi connectivity index (χ1n) is 4.97. The quantitative estimate of drug-likeness (QED) is 0.768. The van der Waals surface area contributed by atoms with E-state index in [2.05, 4.69) is 36.1 Å². The normalized spacial score (nSPS) is 12.9. The number of anilines is 2. The van der Waals surface area contributed by atoms with Crippen LogP contribution in [-0.2, 0) is 0 Å². The first-order chi connectivity index (χ1) is 6.63. The molecule has 1 heterocycles. The first kappa shape index (κ1) is 10.8. The molecule has 0 saturated heterocycles. The van der Waals surface area contributed by atoms with E-state index in [1.807, 2.05) is 0 Å². The monoisotopic (exact) mass is 194 g/mol. The van der Waals surface area contributed by atoms with E-state index < -0.39 is 0 Å². The Bertz CT molecular complexity index is 285. The first-order valence-corrected chi connectivity index (χ1v) is 4.97. The van der Waals surface area contributed by atoms with Crippen molar-refractivity contribution in [2.75, 3.05) is 11.1 Å². The smallest absolute Gasteiger partial charge is 0.131 e. The van der Waals surface area contributed by atoms with Gasteiger partial charge >= 0.3 is 0 Å². The van der Waals surface area contributed by atoms with Crippen LogP contribution in [0.25, 0.3) is 0 Å². The van der Waals surface area contributed by atoms with Crippen molar-refractivity contribution in [3.63, 3.8) is 0 Å². The molecule has 78 valence electrons. The van der Waals surface area contributed by atoms with Gasteiger partial charge in [0, 0.05) is 12.1 Å². The Kier molecular flexibility index (Phi) is 3.68. The summed E-state index contributed by atoms with van der Waals surface area (Å²) in [5.41, 5.74) is 5.56. The van der Waals surface area contributed by atoms with Crippen LogP contribution in [0.15, 0.2) is 12.4 Å². The molecule has 1 aromatic rings. The number of nitrogens with one attached hydrogen (secondary N) is 1. The molecule has 1 aromatic heterocycles. The minimum absolute atomic E-state index is 0.435. The molecule has 0 aliphatic carbocycles.